The zero-order valence-electron chi connectivity index (χ0n) is 12.7. The van der Waals surface area contributed by atoms with Gasteiger partial charge in [-0.3, -0.25) is 14.3 Å². The summed E-state index contributed by atoms with van der Waals surface area (Å²) in [6.07, 6.45) is 0. The molecule has 0 amide bonds. The van der Waals surface area contributed by atoms with Crippen LogP contribution in [0.3, 0.4) is 0 Å². The molecule has 23 heavy (non-hydrogen) atoms. The molecule has 0 saturated carbocycles. The first-order chi connectivity index (χ1) is 11.0. The predicted molar refractivity (Wildman–Crippen MR) is 96.5 cm³/mol. The van der Waals surface area contributed by atoms with Crippen LogP contribution in [0.4, 0.5) is 0 Å². The van der Waals surface area contributed by atoms with E-state index in [0.29, 0.717) is 16.8 Å². The molecule has 0 saturated heterocycles. The smallest absolute Gasteiger partial charge is 0.329 e. The topological polar surface area (TPSA) is 64.1 Å². The Morgan fingerprint density at radius 2 is 1.96 bits per heavy atom. The van der Waals surface area contributed by atoms with E-state index in [0.717, 1.165) is 20.5 Å². The average Bonchev–Trinajstić information content (AvgIpc) is 2.84. The summed E-state index contributed by atoms with van der Waals surface area (Å²) in [5.41, 5.74) is 1.16. The molecular weight excluding hydrogens is 380 g/mol. The van der Waals surface area contributed by atoms with Crippen LogP contribution in [0.25, 0.3) is 21.3 Å². The molecule has 120 valence electrons. The lowest BCUT2D eigenvalue weighted by molar-refractivity contribution is 0.185. The number of nitrogens with zero attached hydrogens (tertiary/aromatic N) is 1. The van der Waals surface area contributed by atoms with E-state index in [4.69, 9.17) is 4.74 Å². The van der Waals surface area contributed by atoms with Crippen LogP contribution in [0.15, 0.2) is 38.3 Å². The van der Waals surface area contributed by atoms with Gasteiger partial charge in [-0.15, -0.1) is 11.3 Å². The molecule has 2 aromatic heterocycles. The monoisotopic (exact) mass is 394 g/mol. The summed E-state index contributed by atoms with van der Waals surface area (Å²) >= 11 is 4.84. The Balaban J connectivity index is 2.30. The normalized spacial score (nSPS) is 11.3. The third-order valence-electron chi connectivity index (χ3n) is 3.66. The van der Waals surface area contributed by atoms with Gasteiger partial charge in [-0.1, -0.05) is 28.1 Å². The molecule has 5 nitrogen and oxygen atoms in total. The number of H-pyrrole nitrogens is 1. The molecule has 2 heterocycles. The number of aromatic amines is 1. The molecule has 7 heteroatoms. The molecule has 0 aliphatic rings. The summed E-state index contributed by atoms with van der Waals surface area (Å²) < 4.78 is 7.16. The van der Waals surface area contributed by atoms with Gasteiger partial charge < -0.3 is 4.74 Å². The Morgan fingerprint density at radius 3 is 2.61 bits per heavy atom. The minimum Gasteiger partial charge on any atom is -0.383 e. The van der Waals surface area contributed by atoms with E-state index in [-0.39, 0.29) is 12.1 Å². The maximum atomic E-state index is 12.8. The standard InChI is InChI=1S/C16H15BrN2O3S/c1-9-12(10-3-5-11(17)6-4-10)13-14(23-9)18-16(21)19(15(13)20)7-8-22-2/h3-6H,7-8H2,1-2H3,(H,18,21). The van der Waals surface area contributed by atoms with Crippen LogP contribution >= 0.6 is 27.3 Å². The molecule has 1 aromatic carbocycles. The van der Waals surface area contributed by atoms with E-state index in [1.165, 1.54) is 15.9 Å². The molecule has 3 aromatic rings. The lowest BCUT2D eigenvalue weighted by Crippen LogP contribution is -2.35. The first kappa shape index (κ1) is 16.2. The van der Waals surface area contributed by atoms with E-state index in [9.17, 15) is 9.59 Å². The van der Waals surface area contributed by atoms with Gasteiger partial charge in [-0.25, -0.2) is 4.79 Å². The summed E-state index contributed by atoms with van der Waals surface area (Å²) in [4.78, 5) is 29.4. The highest BCUT2D eigenvalue weighted by Gasteiger charge is 2.17. The number of rotatable bonds is 4. The summed E-state index contributed by atoms with van der Waals surface area (Å²) in [5, 5.41) is 0.561. The SMILES string of the molecule is COCCn1c(=O)[nH]c2sc(C)c(-c3ccc(Br)cc3)c2c1=O. The average molecular weight is 395 g/mol. The van der Waals surface area contributed by atoms with Crippen molar-refractivity contribution in [3.63, 3.8) is 0 Å². The molecule has 0 atom stereocenters. The third-order valence-corrected chi connectivity index (χ3v) is 5.21. The zero-order valence-corrected chi connectivity index (χ0v) is 15.1. The van der Waals surface area contributed by atoms with Crippen LogP contribution in [-0.4, -0.2) is 23.3 Å². The lowest BCUT2D eigenvalue weighted by atomic mass is 10.0. The van der Waals surface area contributed by atoms with Crippen molar-refractivity contribution in [2.24, 2.45) is 0 Å². The van der Waals surface area contributed by atoms with Crippen LogP contribution < -0.4 is 11.2 Å². The number of benzene rings is 1. The van der Waals surface area contributed by atoms with Gasteiger partial charge >= 0.3 is 5.69 Å². The molecule has 1 N–H and O–H groups in total. The predicted octanol–water partition coefficient (Wildman–Crippen LogP) is 3.14. The number of fused-ring (bicyclic) bond motifs is 1. The highest BCUT2D eigenvalue weighted by molar-refractivity contribution is 9.10. The molecule has 0 bridgehead atoms. The Kier molecular flexibility index (Phi) is 4.52. The number of ether oxygens (including phenoxy) is 1. The molecule has 0 radical (unpaired) electrons. The van der Waals surface area contributed by atoms with Crippen molar-refractivity contribution in [1.82, 2.24) is 9.55 Å². The third kappa shape index (κ3) is 2.91. The van der Waals surface area contributed by atoms with E-state index in [2.05, 4.69) is 20.9 Å². The van der Waals surface area contributed by atoms with E-state index in [1.54, 1.807) is 7.11 Å². The molecule has 0 spiro atoms. The number of methoxy groups -OCH3 is 1. The number of hydrogen-bond donors (Lipinski definition) is 1. The van der Waals surface area contributed by atoms with Crippen LogP contribution in [-0.2, 0) is 11.3 Å². The van der Waals surface area contributed by atoms with Crippen molar-refractivity contribution in [3.05, 3.63) is 54.5 Å². The maximum absolute atomic E-state index is 12.8. The minimum absolute atomic E-state index is 0.231. The van der Waals surface area contributed by atoms with Gasteiger partial charge in [0.25, 0.3) is 5.56 Å². The Bertz CT molecular complexity index is 970. The van der Waals surface area contributed by atoms with Crippen molar-refractivity contribution >= 4 is 37.5 Å². The molecule has 3 rings (SSSR count). The van der Waals surface area contributed by atoms with Crippen molar-refractivity contribution in [3.8, 4) is 11.1 Å². The summed E-state index contributed by atoms with van der Waals surface area (Å²) in [6.45, 7) is 2.50. The van der Waals surface area contributed by atoms with E-state index >= 15 is 0 Å². The second-order valence-electron chi connectivity index (χ2n) is 5.12. The molecular formula is C16H15BrN2O3S. The Labute approximate surface area is 144 Å². The number of aromatic nitrogens is 2. The van der Waals surface area contributed by atoms with Gasteiger partial charge in [0.15, 0.2) is 0 Å². The second kappa shape index (κ2) is 6.43. The fourth-order valence-corrected chi connectivity index (χ4v) is 3.90. The highest BCUT2D eigenvalue weighted by atomic mass is 79.9. The minimum atomic E-state index is -0.400. The van der Waals surface area contributed by atoms with Gasteiger partial charge in [0.2, 0.25) is 0 Å². The van der Waals surface area contributed by atoms with Gasteiger partial charge in [0, 0.05) is 22.0 Å². The second-order valence-corrected chi connectivity index (χ2v) is 7.26. The molecule has 0 fully saturated rings. The first-order valence-electron chi connectivity index (χ1n) is 7.04. The van der Waals surface area contributed by atoms with E-state index < -0.39 is 5.69 Å². The summed E-state index contributed by atoms with van der Waals surface area (Å²) in [6, 6.07) is 7.80. The van der Waals surface area contributed by atoms with E-state index in [1.807, 2.05) is 31.2 Å². The zero-order chi connectivity index (χ0) is 16.6. The maximum Gasteiger partial charge on any atom is 0.329 e. The lowest BCUT2D eigenvalue weighted by Gasteiger charge is -2.06. The number of hydrogen-bond acceptors (Lipinski definition) is 4. The fraction of sp³-hybridized carbons (Fsp3) is 0.250. The Hall–Kier alpha value is -1.70. The molecule has 0 unspecified atom stereocenters. The van der Waals surface area contributed by atoms with Crippen molar-refractivity contribution in [2.75, 3.05) is 13.7 Å². The summed E-state index contributed by atoms with van der Waals surface area (Å²) in [5.74, 6) is 0. The van der Waals surface area contributed by atoms with Crippen molar-refractivity contribution in [1.29, 1.82) is 0 Å². The van der Waals surface area contributed by atoms with Gasteiger partial charge in [0.05, 0.1) is 18.5 Å². The summed E-state index contributed by atoms with van der Waals surface area (Å²) in [7, 11) is 1.54. The van der Waals surface area contributed by atoms with Crippen LogP contribution in [0, 0.1) is 6.92 Å². The van der Waals surface area contributed by atoms with Crippen LogP contribution in [0.5, 0.6) is 0 Å². The van der Waals surface area contributed by atoms with Crippen LogP contribution in [0.1, 0.15) is 4.88 Å². The number of thiophene rings is 1. The molecule has 0 aliphatic carbocycles. The largest absolute Gasteiger partial charge is 0.383 e. The van der Waals surface area contributed by atoms with Gasteiger partial charge in [-0.2, -0.15) is 0 Å². The number of halogens is 1. The fourth-order valence-electron chi connectivity index (χ4n) is 2.58. The highest BCUT2D eigenvalue weighted by Crippen LogP contribution is 2.35. The van der Waals surface area contributed by atoms with Crippen molar-refractivity contribution in [2.45, 2.75) is 13.5 Å². The van der Waals surface area contributed by atoms with Gasteiger partial charge in [0.1, 0.15) is 4.83 Å². The van der Waals surface area contributed by atoms with Crippen LogP contribution in [0.2, 0.25) is 0 Å². The first-order valence-corrected chi connectivity index (χ1v) is 8.65. The Morgan fingerprint density at radius 1 is 1.26 bits per heavy atom. The molecule has 0 aliphatic heterocycles. The van der Waals surface area contributed by atoms with Gasteiger partial charge in [-0.05, 0) is 24.6 Å². The quantitative estimate of drug-likeness (QED) is 0.738. The number of aryl methyl sites for hydroxylation is 1. The van der Waals surface area contributed by atoms with Crippen molar-refractivity contribution < 1.29 is 4.74 Å². The number of nitrogens with one attached hydrogen (secondary N) is 1.